The Bertz CT molecular complexity index is 864. The van der Waals surface area contributed by atoms with Gasteiger partial charge in [-0.15, -0.1) is 0 Å². The summed E-state index contributed by atoms with van der Waals surface area (Å²) in [6.45, 7) is 1.95. The third-order valence-electron chi connectivity index (χ3n) is 3.86. The molecule has 3 rings (SSSR count). The van der Waals surface area contributed by atoms with Crippen LogP contribution in [-0.2, 0) is 16.1 Å². The molecule has 1 N–H and O–H groups in total. The number of hydrogen-bond acceptors (Lipinski definition) is 4. The van der Waals surface area contributed by atoms with Crippen molar-refractivity contribution in [1.82, 2.24) is 9.88 Å². The molecule has 124 valence electrons. The van der Waals surface area contributed by atoms with E-state index in [9.17, 15) is 9.59 Å². The summed E-state index contributed by atoms with van der Waals surface area (Å²) in [5.41, 5.74) is 1.25. The van der Waals surface area contributed by atoms with Gasteiger partial charge in [-0.05, 0) is 25.1 Å². The van der Waals surface area contributed by atoms with Crippen LogP contribution in [-0.4, -0.2) is 23.6 Å². The molecule has 2 aromatic heterocycles. The summed E-state index contributed by atoms with van der Waals surface area (Å²) in [4.78, 5) is 24.2. The van der Waals surface area contributed by atoms with Crippen LogP contribution in [0.4, 0.5) is 0 Å². The maximum Gasteiger partial charge on any atom is 0.340 e. The van der Waals surface area contributed by atoms with E-state index in [-0.39, 0.29) is 18.5 Å². The van der Waals surface area contributed by atoms with Crippen LogP contribution >= 0.6 is 0 Å². The standard InChI is InChI=1S/C18H18N2O4/c1-12(16-8-5-9-24-16)19-17(21)11-20-10-14(18(22)23-2)13-6-3-4-7-15(13)20/h3-10,12H,11H2,1-2H3,(H,19,21). The molecule has 0 bridgehead atoms. The van der Waals surface area contributed by atoms with Gasteiger partial charge in [-0.25, -0.2) is 4.79 Å². The van der Waals surface area contributed by atoms with Crippen molar-refractivity contribution in [1.29, 1.82) is 0 Å². The molecule has 0 radical (unpaired) electrons. The summed E-state index contributed by atoms with van der Waals surface area (Å²) in [5.74, 6) is 0.0985. The van der Waals surface area contributed by atoms with Crippen molar-refractivity contribution >= 4 is 22.8 Å². The zero-order valence-corrected chi connectivity index (χ0v) is 13.5. The predicted molar refractivity (Wildman–Crippen MR) is 88.5 cm³/mol. The lowest BCUT2D eigenvalue weighted by Crippen LogP contribution is -2.29. The van der Waals surface area contributed by atoms with Crippen molar-refractivity contribution in [2.75, 3.05) is 7.11 Å². The van der Waals surface area contributed by atoms with Crippen molar-refractivity contribution in [2.45, 2.75) is 19.5 Å². The molecule has 0 fully saturated rings. The molecule has 6 nitrogen and oxygen atoms in total. The van der Waals surface area contributed by atoms with E-state index >= 15 is 0 Å². The summed E-state index contributed by atoms with van der Waals surface area (Å²) in [5, 5.41) is 3.64. The fourth-order valence-corrected chi connectivity index (χ4v) is 2.70. The van der Waals surface area contributed by atoms with Gasteiger partial charge in [0.05, 0.1) is 25.0 Å². The molecular formula is C18H18N2O4. The average Bonchev–Trinajstić information content (AvgIpc) is 3.23. The van der Waals surface area contributed by atoms with E-state index in [2.05, 4.69) is 5.32 Å². The van der Waals surface area contributed by atoms with Gasteiger partial charge in [0.25, 0.3) is 0 Å². The van der Waals surface area contributed by atoms with Crippen LogP contribution in [0.5, 0.6) is 0 Å². The molecule has 1 amide bonds. The predicted octanol–water partition coefficient (Wildman–Crippen LogP) is 2.90. The summed E-state index contributed by atoms with van der Waals surface area (Å²) in [7, 11) is 1.34. The van der Waals surface area contributed by atoms with Gasteiger partial charge >= 0.3 is 5.97 Å². The zero-order chi connectivity index (χ0) is 17.1. The number of hydrogen-bond donors (Lipinski definition) is 1. The van der Waals surface area contributed by atoms with E-state index in [0.717, 1.165) is 10.9 Å². The van der Waals surface area contributed by atoms with Gasteiger partial charge in [0.2, 0.25) is 5.91 Å². The van der Waals surface area contributed by atoms with Crippen molar-refractivity contribution in [2.24, 2.45) is 0 Å². The van der Waals surface area contributed by atoms with Gasteiger partial charge < -0.3 is 19.0 Å². The van der Waals surface area contributed by atoms with Crippen LogP contribution in [0.2, 0.25) is 0 Å². The van der Waals surface area contributed by atoms with Crippen LogP contribution < -0.4 is 5.32 Å². The number of nitrogens with zero attached hydrogens (tertiary/aromatic N) is 1. The van der Waals surface area contributed by atoms with Crippen LogP contribution in [0, 0.1) is 0 Å². The second kappa shape index (κ2) is 6.62. The first kappa shape index (κ1) is 15.9. The lowest BCUT2D eigenvalue weighted by molar-refractivity contribution is -0.122. The number of carbonyl (C=O) groups excluding carboxylic acids is 2. The summed E-state index contributed by atoms with van der Waals surface area (Å²) in [6.07, 6.45) is 3.22. The minimum absolute atomic E-state index is 0.0998. The molecule has 0 saturated heterocycles. The summed E-state index contributed by atoms with van der Waals surface area (Å²) in [6, 6.07) is 10.8. The lowest BCUT2D eigenvalue weighted by Gasteiger charge is -2.12. The number of amides is 1. The Labute approximate surface area is 139 Å². The molecule has 0 aliphatic rings. The number of esters is 1. The number of aromatic nitrogens is 1. The van der Waals surface area contributed by atoms with Gasteiger partial charge in [-0.2, -0.15) is 0 Å². The third-order valence-corrected chi connectivity index (χ3v) is 3.86. The van der Waals surface area contributed by atoms with Crippen molar-refractivity contribution < 1.29 is 18.7 Å². The topological polar surface area (TPSA) is 73.5 Å². The fourth-order valence-electron chi connectivity index (χ4n) is 2.70. The Morgan fingerprint density at radius 1 is 1.25 bits per heavy atom. The Morgan fingerprint density at radius 3 is 2.75 bits per heavy atom. The van der Waals surface area contributed by atoms with Gasteiger partial charge in [0, 0.05) is 17.1 Å². The Hall–Kier alpha value is -3.02. The van der Waals surface area contributed by atoms with Crippen LogP contribution in [0.25, 0.3) is 10.9 Å². The van der Waals surface area contributed by atoms with Gasteiger partial charge in [0.15, 0.2) is 0 Å². The van der Waals surface area contributed by atoms with E-state index in [1.54, 1.807) is 23.1 Å². The number of benzene rings is 1. The minimum Gasteiger partial charge on any atom is -0.467 e. The Kier molecular flexibility index (Phi) is 4.37. The number of fused-ring (bicyclic) bond motifs is 1. The highest BCUT2D eigenvalue weighted by atomic mass is 16.5. The first-order valence-corrected chi connectivity index (χ1v) is 7.59. The first-order valence-electron chi connectivity index (χ1n) is 7.59. The molecule has 0 saturated carbocycles. The summed E-state index contributed by atoms with van der Waals surface area (Å²) < 4.78 is 11.8. The Morgan fingerprint density at radius 2 is 2.04 bits per heavy atom. The fraction of sp³-hybridized carbons (Fsp3) is 0.222. The highest BCUT2D eigenvalue weighted by molar-refractivity contribution is 6.04. The maximum absolute atomic E-state index is 12.3. The quantitative estimate of drug-likeness (QED) is 0.732. The van der Waals surface area contributed by atoms with Crippen molar-refractivity contribution in [3.05, 3.63) is 60.2 Å². The molecule has 1 atom stereocenters. The van der Waals surface area contributed by atoms with Crippen LogP contribution in [0.15, 0.2) is 53.3 Å². The highest BCUT2D eigenvalue weighted by Crippen LogP contribution is 2.22. The number of ether oxygens (including phenoxy) is 1. The van der Waals surface area contributed by atoms with E-state index in [1.807, 2.05) is 37.3 Å². The molecular weight excluding hydrogens is 308 g/mol. The molecule has 6 heteroatoms. The SMILES string of the molecule is COC(=O)c1cn(CC(=O)NC(C)c2ccco2)c2ccccc12. The van der Waals surface area contributed by atoms with Gasteiger partial charge in [0.1, 0.15) is 12.3 Å². The van der Waals surface area contributed by atoms with E-state index in [4.69, 9.17) is 9.15 Å². The van der Waals surface area contributed by atoms with Gasteiger partial charge in [-0.3, -0.25) is 4.79 Å². The monoisotopic (exact) mass is 326 g/mol. The lowest BCUT2D eigenvalue weighted by atomic mass is 10.2. The summed E-state index contributed by atoms with van der Waals surface area (Å²) >= 11 is 0. The van der Waals surface area contributed by atoms with E-state index in [0.29, 0.717) is 11.3 Å². The van der Waals surface area contributed by atoms with Crippen molar-refractivity contribution in [3.63, 3.8) is 0 Å². The largest absolute Gasteiger partial charge is 0.467 e. The van der Waals surface area contributed by atoms with Crippen LogP contribution in [0.1, 0.15) is 29.1 Å². The second-order valence-electron chi connectivity index (χ2n) is 5.48. The normalized spacial score (nSPS) is 12.1. The maximum atomic E-state index is 12.3. The highest BCUT2D eigenvalue weighted by Gasteiger charge is 2.18. The van der Waals surface area contributed by atoms with Crippen molar-refractivity contribution in [3.8, 4) is 0 Å². The molecule has 1 aromatic carbocycles. The molecule has 0 aliphatic carbocycles. The number of furan rings is 1. The van der Waals surface area contributed by atoms with E-state index in [1.165, 1.54) is 7.11 Å². The van der Waals surface area contributed by atoms with Crippen LogP contribution in [0.3, 0.4) is 0 Å². The number of para-hydroxylation sites is 1. The molecule has 3 aromatic rings. The number of nitrogens with one attached hydrogen (secondary N) is 1. The molecule has 1 unspecified atom stereocenters. The zero-order valence-electron chi connectivity index (χ0n) is 13.5. The smallest absolute Gasteiger partial charge is 0.340 e. The molecule has 0 aliphatic heterocycles. The minimum atomic E-state index is -0.422. The number of methoxy groups -OCH3 is 1. The Balaban J connectivity index is 1.82. The van der Waals surface area contributed by atoms with E-state index < -0.39 is 5.97 Å². The first-order chi connectivity index (χ1) is 11.6. The second-order valence-corrected chi connectivity index (χ2v) is 5.48. The number of rotatable bonds is 5. The molecule has 2 heterocycles. The average molecular weight is 326 g/mol. The number of carbonyl (C=O) groups is 2. The molecule has 24 heavy (non-hydrogen) atoms. The molecule has 0 spiro atoms. The third kappa shape index (κ3) is 3.03. The van der Waals surface area contributed by atoms with Gasteiger partial charge in [-0.1, -0.05) is 18.2 Å².